The number of hydrogen-bond donors (Lipinski definition) is 7. The Morgan fingerprint density at radius 3 is 1.70 bits per heavy atom. The van der Waals surface area contributed by atoms with E-state index in [9.17, 15) is 34.2 Å². The minimum Gasteiger partial charge on any atom is -0.481 e. The first kappa shape index (κ1) is 30.3. The minimum atomic E-state index is -1.46. The zero-order chi connectivity index (χ0) is 25.9. The van der Waals surface area contributed by atoms with Crippen molar-refractivity contribution in [2.75, 3.05) is 0 Å². The van der Waals surface area contributed by atoms with Gasteiger partial charge in [-0.3, -0.25) is 19.2 Å². The average Bonchev–Trinajstić information content (AvgIpc) is 2.75. The van der Waals surface area contributed by atoms with E-state index in [-0.39, 0.29) is 12.3 Å². The Labute approximate surface area is 193 Å². The summed E-state index contributed by atoms with van der Waals surface area (Å²) < 4.78 is 0. The highest BCUT2D eigenvalue weighted by Crippen LogP contribution is 2.11. The highest BCUT2D eigenvalue weighted by molar-refractivity contribution is 5.94. The van der Waals surface area contributed by atoms with Gasteiger partial charge in [-0.25, -0.2) is 4.79 Å². The van der Waals surface area contributed by atoms with Crippen LogP contribution in [-0.2, 0) is 24.0 Å². The van der Waals surface area contributed by atoms with E-state index in [0.717, 1.165) is 0 Å². The van der Waals surface area contributed by atoms with E-state index in [4.69, 9.17) is 10.8 Å². The van der Waals surface area contributed by atoms with Gasteiger partial charge in [0.2, 0.25) is 17.7 Å². The summed E-state index contributed by atoms with van der Waals surface area (Å²) in [5.74, 6) is -5.51. The number of aliphatic hydroxyl groups is 1. The molecule has 190 valence electrons. The van der Waals surface area contributed by atoms with Gasteiger partial charge >= 0.3 is 11.9 Å². The predicted molar refractivity (Wildman–Crippen MR) is 119 cm³/mol. The molecule has 7 atom stereocenters. The van der Waals surface area contributed by atoms with Crippen molar-refractivity contribution in [3.8, 4) is 0 Å². The van der Waals surface area contributed by atoms with Crippen LogP contribution in [0.3, 0.4) is 0 Å². The van der Waals surface area contributed by atoms with Gasteiger partial charge in [-0.1, -0.05) is 40.5 Å². The Bertz CT molecular complexity index is 700. The van der Waals surface area contributed by atoms with Crippen LogP contribution < -0.4 is 21.7 Å². The molecule has 0 rings (SSSR count). The molecule has 0 aliphatic heterocycles. The van der Waals surface area contributed by atoms with E-state index in [2.05, 4.69) is 16.0 Å². The number of rotatable bonds is 15. The standard InChI is InChI=1S/C21H38N4O8/c1-6-10(3)15(22)18(29)25-17(12(5)26)20(31)24-16(11(4)7-2)19(30)23-13(21(32)33)8-9-14(27)28/h10-13,15-17,26H,6-9,22H2,1-5H3,(H,23,30)(H,24,31)(H,25,29)(H,27,28)(H,32,33). The van der Waals surface area contributed by atoms with Gasteiger partial charge in [0.05, 0.1) is 12.1 Å². The van der Waals surface area contributed by atoms with Gasteiger partial charge in [0.25, 0.3) is 0 Å². The largest absolute Gasteiger partial charge is 0.481 e. The molecule has 0 heterocycles. The Hall–Kier alpha value is -2.73. The fourth-order valence-corrected chi connectivity index (χ4v) is 2.90. The normalized spacial score (nSPS) is 17.4. The van der Waals surface area contributed by atoms with Crippen molar-refractivity contribution in [2.45, 2.75) is 90.6 Å². The van der Waals surface area contributed by atoms with Gasteiger partial charge in [-0.05, 0) is 25.2 Å². The third-order valence-corrected chi connectivity index (χ3v) is 5.68. The molecule has 12 heteroatoms. The molecule has 3 amide bonds. The summed E-state index contributed by atoms with van der Waals surface area (Å²) >= 11 is 0. The van der Waals surface area contributed by atoms with Crippen LogP contribution in [0.4, 0.5) is 0 Å². The number of amides is 3. The molecule has 0 bridgehead atoms. The summed E-state index contributed by atoms with van der Waals surface area (Å²) in [6.07, 6.45) is -1.04. The molecule has 0 fully saturated rings. The second-order valence-electron chi connectivity index (χ2n) is 8.34. The van der Waals surface area contributed by atoms with Crippen LogP contribution in [0.15, 0.2) is 0 Å². The lowest BCUT2D eigenvalue weighted by atomic mass is 9.96. The molecule has 12 nitrogen and oxygen atoms in total. The molecule has 0 aliphatic rings. The van der Waals surface area contributed by atoms with Crippen molar-refractivity contribution in [1.29, 1.82) is 0 Å². The van der Waals surface area contributed by atoms with Crippen LogP contribution in [0, 0.1) is 11.8 Å². The molecule has 7 unspecified atom stereocenters. The second-order valence-corrected chi connectivity index (χ2v) is 8.34. The maximum atomic E-state index is 12.9. The number of nitrogens with one attached hydrogen (secondary N) is 3. The summed E-state index contributed by atoms with van der Waals surface area (Å²) in [5, 5.41) is 35.2. The van der Waals surface area contributed by atoms with Crippen molar-refractivity contribution < 1.29 is 39.3 Å². The van der Waals surface area contributed by atoms with Gasteiger partial charge in [0.1, 0.15) is 18.1 Å². The summed E-state index contributed by atoms with van der Waals surface area (Å²) in [7, 11) is 0. The van der Waals surface area contributed by atoms with Crippen LogP contribution in [0.5, 0.6) is 0 Å². The van der Waals surface area contributed by atoms with E-state index in [1.807, 2.05) is 6.92 Å². The van der Waals surface area contributed by atoms with E-state index in [1.165, 1.54) is 6.92 Å². The number of carbonyl (C=O) groups excluding carboxylic acids is 3. The van der Waals surface area contributed by atoms with Gasteiger partial charge in [0.15, 0.2) is 0 Å². The van der Waals surface area contributed by atoms with Crippen LogP contribution in [0.25, 0.3) is 0 Å². The molecule has 0 aliphatic carbocycles. The zero-order valence-electron chi connectivity index (χ0n) is 19.8. The number of carboxylic acid groups (broad SMARTS) is 2. The average molecular weight is 475 g/mol. The lowest BCUT2D eigenvalue weighted by Gasteiger charge is -2.29. The van der Waals surface area contributed by atoms with E-state index < -0.39 is 72.3 Å². The van der Waals surface area contributed by atoms with Gasteiger partial charge in [-0.2, -0.15) is 0 Å². The molecular weight excluding hydrogens is 436 g/mol. The second kappa shape index (κ2) is 14.4. The summed E-state index contributed by atoms with van der Waals surface area (Å²) in [4.78, 5) is 60.2. The Balaban J connectivity index is 5.52. The van der Waals surface area contributed by atoms with Gasteiger partial charge in [0, 0.05) is 6.42 Å². The number of aliphatic carboxylic acids is 2. The van der Waals surface area contributed by atoms with Crippen LogP contribution in [-0.4, -0.2) is 75.3 Å². The third-order valence-electron chi connectivity index (χ3n) is 5.68. The first-order chi connectivity index (χ1) is 15.3. The molecule has 0 spiro atoms. The lowest BCUT2D eigenvalue weighted by Crippen LogP contribution is -2.61. The Kier molecular flexibility index (Phi) is 13.2. The maximum Gasteiger partial charge on any atom is 0.326 e. The number of aliphatic hydroxyl groups excluding tert-OH is 1. The quantitative estimate of drug-likeness (QED) is 0.158. The SMILES string of the molecule is CCC(C)C(N)C(=O)NC(C(=O)NC(C(=O)NC(CCC(=O)O)C(=O)O)C(C)CC)C(C)O. The van der Waals surface area contributed by atoms with E-state index in [0.29, 0.717) is 12.8 Å². The van der Waals surface area contributed by atoms with Crippen molar-refractivity contribution in [3.63, 3.8) is 0 Å². The molecule has 33 heavy (non-hydrogen) atoms. The zero-order valence-corrected chi connectivity index (χ0v) is 19.8. The molecule has 0 saturated carbocycles. The number of carbonyl (C=O) groups is 5. The van der Waals surface area contributed by atoms with Crippen LogP contribution in [0.2, 0.25) is 0 Å². The number of carboxylic acids is 2. The van der Waals surface area contributed by atoms with Crippen molar-refractivity contribution in [2.24, 2.45) is 17.6 Å². The van der Waals surface area contributed by atoms with Crippen molar-refractivity contribution in [1.82, 2.24) is 16.0 Å². The minimum absolute atomic E-state index is 0.167. The van der Waals surface area contributed by atoms with Crippen molar-refractivity contribution >= 4 is 29.7 Å². The fraction of sp³-hybridized carbons (Fsp3) is 0.762. The van der Waals surface area contributed by atoms with E-state index in [1.54, 1.807) is 20.8 Å². The summed E-state index contributed by atoms with van der Waals surface area (Å²) in [6, 6.07) is -4.94. The Morgan fingerprint density at radius 1 is 0.788 bits per heavy atom. The van der Waals surface area contributed by atoms with Gasteiger partial charge in [-0.15, -0.1) is 0 Å². The maximum absolute atomic E-state index is 12.9. The molecule has 8 N–H and O–H groups in total. The van der Waals surface area contributed by atoms with Crippen LogP contribution >= 0.6 is 0 Å². The fourth-order valence-electron chi connectivity index (χ4n) is 2.90. The highest BCUT2D eigenvalue weighted by atomic mass is 16.4. The van der Waals surface area contributed by atoms with E-state index >= 15 is 0 Å². The smallest absolute Gasteiger partial charge is 0.326 e. The van der Waals surface area contributed by atoms with Crippen molar-refractivity contribution in [3.05, 3.63) is 0 Å². The van der Waals surface area contributed by atoms with Gasteiger partial charge < -0.3 is 37.0 Å². The number of nitrogens with two attached hydrogens (primary N) is 1. The lowest BCUT2D eigenvalue weighted by molar-refractivity contribution is -0.144. The first-order valence-electron chi connectivity index (χ1n) is 11.1. The molecule has 0 aromatic heterocycles. The monoisotopic (exact) mass is 474 g/mol. The molecule has 0 aromatic rings. The molecular formula is C21H38N4O8. The summed E-state index contributed by atoms with van der Waals surface area (Å²) in [6.45, 7) is 8.34. The highest BCUT2D eigenvalue weighted by Gasteiger charge is 2.34. The molecule has 0 saturated heterocycles. The molecule has 0 radical (unpaired) electrons. The predicted octanol–water partition coefficient (Wildman–Crippen LogP) is -0.809. The number of hydrogen-bond acceptors (Lipinski definition) is 7. The van der Waals surface area contributed by atoms with Crippen LogP contribution in [0.1, 0.15) is 60.3 Å². The summed E-state index contributed by atoms with van der Waals surface area (Å²) in [5.41, 5.74) is 5.89. The third kappa shape index (κ3) is 10.2. The Morgan fingerprint density at radius 2 is 1.27 bits per heavy atom. The first-order valence-corrected chi connectivity index (χ1v) is 11.1. The molecule has 0 aromatic carbocycles. The topological polar surface area (TPSA) is 208 Å².